The summed E-state index contributed by atoms with van der Waals surface area (Å²) in [6.45, 7) is 3.05. The molecule has 0 amide bonds. The van der Waals surface area contributed by atoms with E-state index in [0.29, 0.717) is 5.56 Å². The van der Waals surface area contributed by atoms with Gasteiger partial charge in [-0.3, -0.25) is 8.37 Å². The Labute approximate surface area is 269 Å². The Morgan fingerprint density at radius 1 is 0.652 bits per heavy atom. The fraction of sp³-hybridized carbons (Fsp3) is 0.294. The molecule has 0 unspecified atom stereocenters. The minimum absolute atomic E-state index is 0.0855. The van der Waals surface area contributed by atoms with Crippen molar-refractivity contribution in [2.45, 2.75) is 60.6 Å². The van der Waals surface area contributed by atoms with Crippen molar-refractivity contribution in [1.29, 1.82) is 0 Å². The molecule has 4 aromatic carbocycles. The van der Waals surface area contributed by atoms with Gasteiger partial charge >= 0.3 is 0 Å². The Morgan fingerprint density at radius 2 is 1.17 bits per heavy atom. The van der Waals surface area contributed by atoms with E-state index in [4.69, 9.17) is 27.3 Å². The molecule has 0 bridgehead atoms. The van der Waals surface area contributed by atoms with Crippen LogP contribution < -0.4 is 0 Å². The van der Waals surface area contributed by atoms with Gasteiger partial charge in [0.1, 0.15) is 24.4 Å². The number of hydrogen-bond acceptors (Lipinski definition) is 10. The summed E-state index contributed by atoms with van der Waals surface area (Å²) in [5, 5.41) is 0. The van der Waals surface area contributed by atoms with E-state index in [1.807, 2.05) is 62.4 Å². The summed E-state index contributed by atoms with van der Waals surface area (Å²) < 4.78 is 90.2. The van der Waals surface area contributed by atoms with Crippen molar-refractivity contribution >= 4 is 20.2 Å². The lowest BCUT2D eigenvalue weighted by Gasteiger charge is -2.47. The third-order valence-electron chi connectivity index (χ3n) is 7.73. The van der Waals surface area contributed by atoms with Crippen molar-refractivity contribution in [1.82, 2.24) is 0 Å². The SMILES string of the molecule is Cc1ccc(S(=O)(=O)OC[C@@H](OS(=O)(=O)c2ccc(C)cc2)[C@H]2O[C@@H](c3ccccc3)O[C@@H]3CO[C@H](c4ccccc4)O[C@H]23)cc1. The van der Waals surface area contributed by atoms with E-state index in [0.717, 1.165) is 16.7 Å². The molecular weight excluding hydrogens is 632 g/mol. The highest BCUT2D eigenvalue weighted by molar-refractivity contribution is 7.87. The van der Waals surface area contributed by atoms with E-state index in [-0.39, 0.29) is 16.4 Å². The van der Waals surface area contributed by atoms with Gasteiger partial charge in [0, 0.05) is 11.1 Å². The fourth-order valence-corrected chi connectivity index (χ4v) is 7.23. The summed E-state index contributed by atoms with van der Waals surface area (Å²) >= 11 is 0. The maximum Gasteiger partial charge on any atom is 0.297 e. The van der Waals surface area contributed by atoms with Crippen molar-refractivity contribution in [3.8, 4) is 0 Å². The Hall–Kier alpha value is -3.46. The molecule has 6 rings (SSSR count). The van der Waals surface area contributed by atoms with Crippen LogP contribution >= 0.6 is 0 Å². The smallest absolute Gasteiger partial charge is 0.297 e. The Morgan fingerprint density at radius 3 is 1.74 bits per heavy atom. The first-order valence-corrected chi connectivity index (χ1v) is 17.5. The molecule has 0 radical (unpaired) electrons. The minimum atomic E-state index is -4.43. The zero-order valence-electron chi connectivity index (χ0n) is 25.2. The molecule has 12 heteroatoms. The lowest BCUT2D eigenvalue weighted by atomic mass is 9.99. The second-order valence-corrected chi connectivity index (χ2v) is 14.3. The lowest BCUT2D eigenvalue weighted by molar-refractivity contribution is -0.372. The molecule has 46 heavy (non-hydrogen) atoms. The van der Waals surface area contributed by atoms with Crippen LogP contribution in [-0.2, 0) is 47.5 Å². The average molecular weight is 667 g/mol. The van der Waals surface area contributed by atoms with Gasteiger partial charge in [-0.25, -0.2) is 0 Å². The van der Waals surface area contributed by atoms with Crippen LogP contribution in [0.5, 0.6) is 0 Å². The molecule has 6 atom stereocenters. The standard InChI is InChI=1S/C34H34O10S2/c1-23-13-17-27(18-14-23)45(35,36)40-22-30(44-46(37,38)28-19-15-24(2)16-20-28)32-31-29(41-34(43-32)26-11-7-4-8-12-26)21-39-33(42-31)25-9-5-3-6-10-25/h3-20,29-34H,21-22H2,1-2H3/t29-,30-,31+,32-,33+,34+/m1/s1. The van der Waals surface area contributed by atoms with Crippen molar-refractivity contribution in [2.75, 3.05) is 13.2 Å². The number of fused-ring (bicyclic) bond motifs is 1. The molecule has 0 spiro atoms. The van der Waals surface area contributed by atoms with Crippen LogP contribution in [0.2, 0.25) is 0 Å². The van der Waals surface area contributed by atoms with E-state index in [9.17, 15) is 16.8 Å². The molecule has 0 aliphatic carbocycles. The molecule has 2 aliphatic rings. The van der Waals surface area contributed by atoms with Crippen molar-refractivity contribution < 1.29 is 44.1 Å². The molecule has 0 saturated carbocycles. The summed E-state index contributed by atoms with van der Waals surface area (Å²) in [6.07, 6.45) is -6.09. The van der Waals surface area contributed by atoms with Crippen LogP contribution in [0.1, 0.15) is 34.8 Å². The zero-order chi connectivity index (χ0) is 32.3. The number of rotatable bonds is 10. The first-order chi connectivity index (χ1) is 22.1. The van der Waals surface area contributed by atoms with Gasteiger partial charge in [-0.15, -0.1) is 0 Å². The molecule has 0 aromatic heterocycles. The summed E-state index contributed by atoms with van der Waals surface area (Å²) in [5.41, 5.74) is 3.10. The second-order valence-electron chi connectivity index (χ2n) is 11.1. The highest BCUT2D eigenvalue weighted by Crippen LogP contribution is 2.40. The van der Waals surface area contributed by atoms with Crippen molar-refractivity contribution in [3.05, 3.63) is 131 Å². The van der Waals surface area contributed by atoms with Gasteiger partial charge in [-0.2, -0.15) is 16.8 Å². The van der Waals surface area contributed by atoms with E-state index in [1.165, 1.54) is 24.3 Å². The van der Waals surface area contributed by atoms with Crippen LogP contribution in [0.25, 0.3) is 0 Å². The predicted molar refractivity (Wildman–Crippen MR) is 166 cm³/mol. The molecule has 2 heterocycles. The van der Waals surface area contributed by atoms with Crippen LogP contribution in [0.15, 0.2) is 119 Å². The van der Waals surface area contributed by atoms with Gasteiger partial charge in [-0.05, 0) is 38.1 Å². The summed E-state index contributed by atoms with van der Waals surface area (Å²) in [7, 11) is -8.74. The zero-order valence-corrected chi connectivity index (χ0v) is 26.8. The van der Waals surface area contributed by atoms with Crippen LogP contribution in [0.3, 0.4) is 0 Å². The fourth-order valence-electron chi connectivity index (χ4n) is 5.25. The second kappa shape index (κ2) is 13.7. The molecule has 242 valence electrons. The summed E-state index contributed by atoms with van der Waals surface area (Å²) in [4.78, 5) is -0.194. The minimum Gasteiger partial charge on any atom is -0.346 e. The van der Waals surface area contributed by atoms with Crippen LogP contribution in [-0.4, -0.2) is 54.5 Å². The van der Waals surface area contributed by atoms with Crippen LogP contribution in [0.4, 0.5) is 0 Å². The van der Waals surface area contributed by atoms with E-state index in [2.05, 4.69) is 0 Å². The lowest BCUT2D eigenvalue weighted by Crippen LogP contribution is -2.59. The van der Waals surface area contributed by atoms with Crippen molar-refractivity contribution in [2.24, 2.45) is 0 Å². The summed E-state index contributed by atoms with van der Waals surface area (Å²) in [5.74, 6) is 0. The average Bonchev–Trinajstić information content (AvgIpc) is 3.07. The largest absolute Gasteiger partial charge is 0.346 e. The van der Waals surface area contributed by atoms with Crippen molar-refractivity contribution in [3.63, 3.8) is 0 Å². The van der Waals surface area contributed by atoms with Gasteiger partial charge < -0.3 is 18.9 Å². The maximum absolute atomic E-state index is 13.6. The molecule has 2 fully saturated rings. The van der Waals surface area contributed by atoms with E-state index >= 15 is 0 Å². The maximum atomic E-state index is 13.6. The Bertz CT molecular complexity index is 1810. The van der Waals surface area contributed by atoms with Gasteiger partial charge in [0.2, 0.25) is 0 Å². The Kier molecular flexibility index (Phi) is 9.69. The first-order valence-electron chi connectivity index (χ1n) is 14.7. The molecule has 10 nitrogen and oxygen atoms in total. The highest BCUT2D eigenvalue weighted by atomic mass is 32.2. The third-order valence-corrected chi connectivity index (χ3v) is 10.4. The molecule has 2 aliphatic heterocycles. The normalized spacial score (nSPS) is 24.2. The number of benzene rings is 4. The topological polar surface area (TPSA) is 124 Å². The van der Waals surface area contributed by atoms with Crippen LogP contribution in [0, 0.1) is 13.8 Å². The van der Waals surface area contributed by atoms with E-state index in [1.54, 1.807) is 36.4 Å². The highest BCUT2D eigenvalue weighted by Gasteiger charge is 2.50. The third kappa shape index (κ3) is 7.40. The van der Waals surface area contributed by atoms with Gasteiger partial charge in [0.25, 0.3) is 20.2 Å². The molecule has 0 N–H and O–H groups in total. The molecule has 2 saturated heterocycles. The van der Waals surface area contributed by atoms with E-state index < -0.39 is 63.8 Å². The summed E-state index contributed by atoms with van der Waals surface area (Å²) in [6, 6.07) is 30.5. The van der Waals surface area contributed by atoms with Gasteiger partial charge in [-0.1, -0.05) is 96.1 Å². The monoisotopic (exact) mass is 666 g/mol. The predicted octanol–water partition coefficient (Wildman–Crippen LogP) is 5.38. The molecule has 4 aromatic rings. The molecular formula is C34H34O10S2. The number of hydrogen-bond donors (Lipinski definition) is 0. The Balaban J connectivity index is 1.37. The van der Waals surface area contributed by atoms with Gasteiger partial charge in [0.15, 0.2) is 12.6 Å². The number of aryl methyl sites for hydroxylation is 2. The quantitative estimate of drug-likeness (QED) is 0.204. The number of ether oxygens (including phenoxy) is 4. The van der Waals surface area contributed by atoms with Gasteiger partial charge in [0.05, 0.1) is 23.0 Å². The first kappa shape index (κ1) is 32.5.